The topological polar surface area (TPSA) is 49.4 Å². The Bertz CT molecular complexity index is 504. The lowest BCUT2D eigenvalue weighted by Gasteiger charge is -2.26. The summed E-state index contributed by atoms with van der Waals surface area (Å²) in [6.45, 7) is 8.86. The highest BCUT2D eigenvalue weighted by Crippen LogP contribution is 2.27. The van der Waals surface area contributed by atoms with Gasteiger partial charge >= 0.3 is 0 Å². The molecule has 0 atom stereocenters. The number of amides is 2. The van der Waals surface area contributed by atoms with Gasteiger partial charge in [0.25, 0.3) is 0 Å². The maximum Gasteiger partial charge on any atom is 0.223 e. The summed E-state index contributed by atoms with van der Waals surface area (Å²) in [5.74, 6) is 0.0817. The van der Waals surface area contributed by atoms with E-state index >= 15 is 0 Å². The molecule has 0 spiro atoms. The third-order valence-electron chi connectivity index (χ3n) is 4.03. The minimum atomic E-state index is 0.0170. The number of nitrogens with zero attached hydrogens (tertiary/aromatic N) is 1. The van der Waals surface area contributed by atoms with E-state index in [4.69, 9.17) is 0 Å². The predicted molar refractivity (Wildman–Crippen MR) is 95.8 cm³/mol. The van der Waals surface area contributed by atoms with Crippen LogP contribution in [0.15, 0.2) is 18.2 Å². The summed E-state index contributed by atoms with van der Waals surface area (Å²) in [7, 11) is 0. The van der Waals surface area contributed by atoms with Crippen LogP contribution in [0.2, 0.25) is 0 Å². The molecule has 1 aromatic rings. The number of unbranched alkanes of at least 4 members (excludes halogenated alkanes) is 1. The zero-order valence-electron chi connectivity index (χ0n) is 14.9. The summed E-state index contributed by atoms with van der Waals surface area (Å²) in [6.07, 6.45) is 4.24. The van der Waals surface area contributed by atoms with Gasteiger partial charge in [0.05, 0.1) is 5.69 Å². The van der Waals surface area contributed by atoms with Crippen LogP contribution in [-0.4, -0.2) is 24.9 Å². The second-order valence-electron chi connectivity index (χ2n) is 5.76. The number of aryl methyl sites for hydroxylation is 2. The van der Waals surface area contributed by atoms with Gasteiger partial charge in [-0.1, -0.05) is 45.4 Å². The number of para-hydroxylation sites is 1. The summed E-state index contributed by atoms with van der Waals surface area (Å²) < 4.78 is 0. The van der Waals surface area contributed by atoms with Gasteiger partial charge in [0.15, 0.2) is 0 Å². The van der Waals surface area contributed by atoms with E-state index in [1.807, 2.05) is 6.07 Å². The van der Waals surface area contributed by atoms with Gasteiger partial charge in [0, 0.05) is 26.4 Å². The predicted octanol–water partition coefficient (Wildman–Crippen LogP) is 3.47. The summed E-state index contributed by atoms with van der Waals surface area (Å²) in [6, 6.07) is 6.19. The summed E-state index contributed by atoms with van der Waals surface area (Å²) >= 11 is 0. The molecule has 4 heteroatoms. The molecule has 0 radical (unpaired) electrons. The van der Waals surface area contributed by atoms with E-state index in [2.05, 4.69) is 38.2 Å². The van der Waals surface area contributed by atoms with Crippen molar-refractivity contribution in [2.75, 3.05) is 18.0 Å². The molecule has 0 aliphatic rings. The minimum absolute atomic E-state index is 0.0170. The van der Waals surface area contributed by atoms with Crippen molar-refractivity contribution in [3.63, 3.8) is 0 Å². The summed E-state index contributed by atoms with van der Waals surface area (Å²) in [4.78, 5) is 25.7. The van der Waals surface area contributed by atoms with Crippen molar-refractivity contribution in [3.8, 4) is 0 Å². The van der Waals surface area contributed by atoms with Crippen LogP contribution in [0.25, 0.3) is 0 Å². The van der Waals surface area contributed by atoms with E-state index in [9.17, 15) is 9.59 Å². The largest absolute Gasteiger partial charge is 0.354 e. The zero-order valence-corrected chi connectivity index (χ0v) is 14.9. The first-order valence-electron chi connectivity index (χ1n) is 8.70. The minimum Gasteiger partial charge on any atom is -0.354 e. The Labute approximate surface area is 140 Å². The number of nitrogens with one attached hydrogen (secondary N) is 1. The lowest BCUT2D eigenvalue weighted by atomic mass is 10.0. The zero-order chi connectivity index (χ0) is 17.2. The normalized spacial score (nSPS) is 10.4. The molecule has 0 saturated heterocycles. The number of anilines is 1. The third-order valence-corrected chi connectivity index (χ3v) is 4.03. The van der Waals surface area contributed by atoms with Crippen LogP contribution in [0.5, 0.6) is 0 Å². The number of carbonyl (C=O) groups is 2. The molecule has 0 aliphatic heterocycles. The number of hydrogen-bond donors (Lipinski definition) is 1. The Hall–Kier alpha value is -1.84. The standard InChI is InChI=1S/C19H30N2O2/c1-5-8-12-18(23)20-13-14-21(15(4)22)19-16(6-2)10-9-11-17(19)7-3/h9-11H,5-8,12-14H2,1-4H3,(H,20,23). The molecule has 0 aromatic heterocycles. The molecule has 0 fully saturated rings. The van der Waals surface area contributed by atoms with Crippen LogP contribution >= 0.6 is 0 Å². The fourth-order valence-electron chi connectivity index (χ4n) is 2.72. The lowest BCUT2D eigenvalue weighted by molar-refractivity contribution is -0.121. The number of hydrogen-bond acceptors (Lipinski definition) is 2. The molecular weight excluding hydrogens is 288 g/mol. The molecule has 1 aromatic carbocycles. The first-order chi connectivity index (χ1) is 11.0. The van der Waals surface area contributed by atoms with Crippen LogP contribution in [0.3, 0.4) is 0 Å². The van der Waals surface area contributed by atoms with Crippen molar-refractivity contribution in [3.05, 3.63) is 29.3 Å². The average molecular weight is 318 g/mol. The monoisotopic (exact) mass is 318 g/mol. The number of carbonyl (C=O) groups excluding carboxylic acids is 2. The second-order valence-corrected chi connectivity index (χ2v) is 5.76. The van der Waals surface area contributed by atoms with Gasteiger partial charge in [-0.2, -0.15) is 0 Å². The second kappa shape index (κ2) is 10.0. The van der Waals surface area contributed by atoms with E-state index in [0.717, 1.165) is 31.4 Å². The van der Waals surface area contributed by atoms with Crippen molar-refractivity contribution in [2.45, 2.75) is 59.8 Å². The first kappa shape index (κ1) is 19.2. The van der Waals surface area contributed by atoms with Crippen molar-refractivity contribution in [1.82, 2.24) is 5.32 Å². The first-order valence-corrected chi connectivity index (χ1v) is 8.70. The smallest absolute Gasteiger partial charge is 0.223 e. The van der Waals surface area contributed by atoms with Crippen molar-refractivity contribution in [2.24, 2.45) is 0 Å². The Morgan fingerprint density at radius 3 is 2.17 bits per heavy atom. The van der Waals surface area contributed by atoms with Crippen LogP contribution in [0, 0.1) is 0 Å². The van der Waals surface area contributed by atoms with Crippen LogP contribution in [0.4, 0.5) is 5.69 Å². The fourth-order valence-corrected chi connectivity index (χ4v) is 2.72. The summed E-state index contributed by atoms with van der Waals surface area (Å²) in [5.41, 5.74) is 3.38. The molecule has 4 nitrogen and oxygen atoms in total. The molecule has 128 valence electrons. The Kier molecular flexibility index (Phi) is 8.38. The Balaban J connectivity index is 2.84. The molecule has 2 amide bonds. The molecular formula is C19H30N2O2. The van der Waals surface area contributed by atoms with Crippen LogP contribution in [-0.2, 0) is 22.4 Å². The maximum atomic E-state index is 12.1. The van der Waals surface area contributed by atoms with Gasteiger partial charge in [0.2, 0.25) is 11.8 Å². The van der Waals surface area contributed by atoms with Crippen LogP contribution < -0.4 is 10.2 Å². The van der Waals surface area contributed by atoms with Crippen molar-refractivity contribution < 1.29 is 9.59 Å². The third kappa shape index (κ3) is 5.70. The molecule has 23 heavy (non-hydrogen) atoms. The molecule has 0 unspecified atom stereocenters. The number of benzene rings is 1. The number of rotatable bonds is 9. The lowest BCUT2D eigenvalue weighted by Crippen LogP contribution is -2.38. The molecule has 1 N–H and O–H groups in total. The van der Waals surface area contributed by atoms with Gasteiger partial charge in [-0.15, -0.1) is 0 Å². The van der Waals surface area contributed by atoms with Gasteiger partial charge in [-0.25, -0.2) is 0 Å². The van der Waals surface area contributed by atoms with Gasteiger partial charge in [-0.05, 0) is 30.4 Å². The molecule has 1 rings (SSSR count). The molecule has 0 bridgehead atoms. The van der Waals surface area contributed by atoms with E-state index in [-0.39, 0.29) is 11.8 Å². The van der Waals surface area contributed by atoms with Gasteiger partial charge < -0.3 is 10.2 Å². The fraction of sp³-hybridized carbons (Fsp3) is 0.579. The molecule has 0 saturated carbocycles. The maximum absolute atomic E-state index is 12.1. The highest BCUT2D eigenvalue weighted by molar-refractivity contribution is 5.93. The SMILES string of the molecule is CCCCC(=O)NCCN(C(C)=O)c1c(CC)cccc1CC. The molecule has 0 aliphatic carbocycles. The van der Waals surface area contributed by atoms with E-state index in [1.54, 1.807) is 11.8 Å². The average Bonchev–Trinajstić information content (AvgIpc) is 2.55. The molecule has 0 heterocycles. The van der Waals surface area contributed by atoms with E-state index in [1.165, 1.54) is 11.1 Å². The summed E-state index contributed by atoms with van der Waals surface area (Å²) in [5, 5.41) is 2.91. The highest BCUT2D eigenvalue weighted by atomic mass is 16.2. The Morgan fingerprint density at radius 1 is 1.09 bits per heavy atom. The van der Waals surface area contributed by atoms with E-state index < -0.39 is 0 Å². The van der Waals surface area contributed by atoms with Crippen molar-refractivity contribution >= 4 is 17.5 Å². The van der Waals surface area contributed by atoms with Crippen LogP contribution in [0.1, 0.15) is 58.1 Å². The quantitative estimate of drug-likeness (QED) is 0.758. The van der Waals surface area contributed by atoms with Gasteiger partial charge in [-0.3, -0.25) is 9.59 Å². The highest BCUT2D eigenvalue weighted by Gasteiger charge is 2.17. The van der Waals surface area contributed by atoms with E-state index in [0.29, 0.717) is 19.5 Å². The van der Waals surface area contributed by atoms with Crippen molar-refractivity contribution in [1.29, 1.82) is 0 Å². The van der Waals surface area contributed by atoms with Gasteiger partial charge in [0.1, 0.15) is 0 Å². The Morgan fingerprint density at radius 2 is 1.70 bits per heavy atom.